The average molecular weight is 295 g/mol. The highest BCUT2D eigenvalue weighted by molar-refractivity contribution is 5.42. The second-order valence-corrected chi connectivity index (χ2v) is 5.16. The standard InChI is InChI=1S/C16H25NO4/c1-18-6-3-7-20-8-9-21-15-10-12-4-5-13(19-2)11-14(12)16(15)17/h4-5,11,15-16H,3,6-10,17H2,1-2H3. The van der Waals surface area contributed by atoms with Crippen molar-refractivity contribution in [2.24, 2.45) is 5.73 Å². The topological polar surface area (TPSA) is 62.9 Å². The zero-order chi connectivity index (χ0) is 15.1. The molecule has 5 nitrogen and oxygen atoms in total. The van der Waals surface area contributed by atoms with Crippen molar-refractivity contribution in [3.63, 3.8) is 0 Å². The van der Waals surface area contributed by atoms with Crippen molar-refractivity contribution in [1.82, 2.24) is 0 Å². The number of hydrogen-bond acceptors (Lipinski definition) is 5. The van der Waals surface area contributed by atoms with Crippen LogP contribution in [0.25, 0.3) is 0 Å². The van der Waals surface area contributed by atoms with Gasteiger partial charge in [-0.25, -0.2) is 0 Å². The molecule has 0 heterocycles. The van der Waals surface area contributed by atoms with E-state index in [0.717, 1.165) is 30.8 Å². The third kappa shape index (κ3) is 4.41. The number of nitrogens with two attached hydrogens (primary N) is 1. The van der Waals surface area contributed by atoms with Gasteiger partial charge < -0.3 is 24.7 Å². The maximum Gasteiger partial charge on any atom is 0.119 e. The van der Waals surface area contributed by atoms with E-state index in [9.17, 15) is 0 Å². The summed E-state index contributed by atoms with van der Waals surface area (Å²) in [5, 5.41) is 0. The van der Waals surface area contributed by atoms with Crippen molar-refractivity contribution >= 4 is 0 Å². The van der Waals surface area contributed by atoms with Crippen LogP contribution in [0.5, 0.6) is 5.75 Å². The van der Waals surface area contributed by atoms with Crippen molar-refractivity contribution in [3.8, 4) is 5.75 Å². The highest BCUT2D eigenvalue weighted by Gasteiger charge is 2.30. The number of benzene rings is 1. The average Bonchev–Trinajstić information content (AvgIpc) is 2.82. The van der Waals surface area contributed by atoms with E-state index in [1.165, 1.54) is 5.56 Å². The van der Waals surface area contributed by atoms with Crippen LogP contribution in [-0.2, 0) is 20.6 Å². The van der Waals surface area contributed by atoms with Gasteiger partial charge in [0.1, 0.15) is 5.75 Å². The van der Waals surface area contributed by atoms with E-state index < -0.39 is 0 Å². The molecule has 1 aromatic carbocycles. The van der Waals surface area contributed by atoms with Gasteiger partial charge in [0, 0.05) is 26.7 Å². The zero-order valence-corrected chi connectivity index (χ0v) is 12.8. The first-order valence-electron chi connectivity index (χ1n) is 7.37. The maximum absolute atomic E-state index is 6.26. The molecule has 0 aliphatic heterocycles. The van der Waals surface area contributed by atoms with Crippen LogP contribution in [0, 0.1) is 0 Å². The summed E-state index contributed by atoms with van der Waals surface area (Å²) < 4.78 is 21.5. The predicted molar refractivity (Wildman–Crippen MR) is 80.7 cm³/mol. The lowest BCUT2D eigenvalue weighted by Gasteiger charge is -2.17. The molecule has 0 fully saturated rings. The Morgan fingerprint density at radius 3 is 2.76 bits per heavy atom. The second kappa shape index (κ2) is 8.34. The molecule has 5 heteroatoms. The monoisotopic (exact) mass is 295 g/mol. The van der Waals surface area contributed by atoms with Crippen molar-refractivity contribution in [1.29, 1.82) is 0 Å². The molecule has 2 atom stereocenters. The Morgan fingerprint density at radius 1 is 1.14 bits per heavy atom. The van der Waals surface area contributed by atoms with Crippen LogP contribution in [0.1, 0.15) is 23.6 Å². The Kier molecular flexibility index (Phi) is 6.45. The summed E-state index contributed by atoms with van der Waals surface area (Å²) in [6.45, 7) is 2.58. The summed E-state index contributed by atoms with van der Waals surface area (Å²) in [4.78, 5) is 0. The van der Waals surface area contributed by atoms with Gasteiger partial charge in [-0.1, -0.05) is 6.07 Å². The molecule has 0 amide bonds. The SMILES string of the molecule is COCCCOCCOC1Cc2ccc(OC)cc2C1N. The molecule has 2 N–H and O–H groups in total. The lowest BCUT2D eigenvalue weighted by molar-refractivity contribution is -0.00390. The van der Waals surface area contributed by atoms with Gasteiger partial charge in [0.25, 0.3) is 0 Å². The smallest absolute Gasteiger partial charge is 0.119 e. The molecule has 21 heavy (non-hydrogen) atoms. The third-order valence-electron chi connectivity index (χ3n) is 3.73. The lowest BCUT2D eigenvalue weighted by Crippen LogP contribution is -2.26. The Hall–Kier alpha value is -1.14. The van der Waals surface area contributed by atoms with E-state index in [-0.39, 0.29) is 12.1 Å². The van der Waals surface area contributed by atoms with E-state index in [2.05, 4.69) is 6.07 Å². The highest BCUT2D eigenvalue weighted by Crippen LogP contribution is 2.34. The molecule has 0 spiro atoms. The van der Waals surface area contributed by atoms with Gasteiger partial charge in [-0.3, -0.25) is 0 Å². The maximum atomic E-state index is 6.26. The normalized spacial score (nSPS) is 20.5. The van der Waals surface area contributed by atoms with Crippen LogP contribution in [0.15, 0.2) is 18.2 Å². The zero-order valence-electron chi connectivity index (χ0n) is 12.8. The first-order chi connectivity index (χ1) is 10.3. The minimum absolute atomic E-state index is 0.0229. The Bertz CT molecular complexity index is 438. The molecule has 1 aromatic rings. The van der Waals surface area contributed by atoms with Crippen molar-refractivity contribution in [2.45, 2.75) is 25.0 Å². The largest absolute Gasteiger partial charge is 0.497 e. The summed E-state index contributed by atoms with van der Waals surface area (Å²) in [5.41, 5.74) is 8.63. The minimum atomic E-state index is -0.0939. The van der Waals surface area contributed by atoms with Gasteiger partial charge in [0.15, 0.2) is 0 Å². The molecule has 0 aromatic heterocycles. The van der Waals surface area contributed by atoms with Crippen LogP contribution in [0.3, 0.4) is 0 Å². The Balaban J connectivity index is 1.72. The van der Waals surface area contributed by atoms with Crippen LogP contribution >= 0.6 is 0 Å². The summed E-state index contributed by atoms with van der Waals surface area (Å²) >= 11 is 0. The predicted octanol–water partition coefficient (Wildman–Crippen LogP) is 1.69. The van der Waals surface area contributed by atoms with E-state index >= 15 is 0 Å². The molecule has 0 saturated heterocycles. The number of methoxy groups -OCH3 is 2. The molecule has 2 unspecified atom stereocenters. The van der Waals surface area contributed by atoms with Crippen LogP contribution in [0.2, 0.25) is 0 Å². The van der Waals surface area contributed by atoms with Gasteiger partial charge in [-0.15, -0.1) is 0 Å². The molecule has 0 saturated carbocycles. The van der Waals surface area contributed by atoms with Gasteiger partial charge in [-0.2, -0.15) is 0 Å². The molecule has 118 valence electrons. The van der Waals surface area contributed by atoms with Crippen molar-refractivity contribution in [3.05, 3.63) is 29.3 Å². The fraction of sp³-hybridized carbons (Fsp3) is 0.625. The first kappa shape index (κ1) is 16.2. The molecule has 0 radical (unpaired) electrons. The molecule has 0 bridgehead atoms. The fourth-order valence-electron chi connectivity index (χ4n) is 2.57. The van der Waals surface area contributed by atoms with Crippen molar-refractivity contribution in [2.75, 3.05) is 40.6 Å². The molecule has 1 aliphatic rings. The van der Waals surface area contributed by atoms with Gasteiger partial charge in [0.2, 0.25) is 0 Å². The van der Waals surface area contributed by atoms with E-state index in [1.54, 1.807) is 14.2 Å². The lowest BCUT2D eigenvalue weighted by atomic mass is 10.1. The number of ether oxygens (including phenoxy) is 4. The van der Waals surface area contributed by atoms with Crippen LogP contribution in [0.4, 0.5) is 0 Å². The number of fused-ring (bicyclic) bond motifs is 1. The van der Waals surface area contributed by atoms with E-state index in [1.807, 2.05) is 12.1 Å². The quantitative estimate of drug-likeness (QED) is 0.702. The summed E-state index contributed by atoms with van der Waals surface area (Å²) in [5.74, 6) is 0.839. The Labute approximate surface area is 126 Å². The highest BCUT2D eigenvalue weighted by atomic mass is 16.5. The second-order valence-electron chi connectivity index (χ2n) is 5.16. The first-order valence-corrected chi connectivity index (χ1v) is 7.37. The number of rotatable bonds is 9. The minimum Gasteiger partial charge on any atom is -0.497 e. The van der Waals surface area contributed by atoms with Gasteiger partial charge in [-0.05, 0) is 29.7 Å². The molecular formula is C16H25NO4. The van der Waals surface area contributed by atoms with Crippen molar-refractivity contribution < 1.29 is 18.9 Å². The number of hydrogen-bond donors (Lipinski definition) is 1. The Morgan fingerprint density at radius 2 is 2.00 bits per heavy atom. The van der Waals surface area contributed by atoms with Gasteiger partial charge >= 0.3 is 0 Å². The van der Waals surface area contributed by atoms with Gasteiger partial charge in [0.05, 0.1) is 32.5 Å². The molecule has 1 aliphatic carbocycles. The summed E-state index contributed by atoms with van der Waals surface area (Å²) in [6, 6.07) is 5.94. The third-order valence-corrected chi connectivity index (χ3v) is 3.73. The fourth-order valence-corrected chi connectivity index (χ4v) is 2.57. The summed E-state index contributed by atoms with van der Waals surface area (Å²) in [6.07, 6.45) is 1.78. The van der Waals surface area contributed by atoms with Crippen LogP contribution in [-0.4, -0.2) is 46.8 Å². The van der Waals surface area contributed by atoms with E-state index in [0.29, 0.717) is 19.8 Å². The van der Waals surface area contributed by atoms with Crippen LogP contribution < -0.4 is 10.5 Å². The van der Waals surface area contributed by atoms with E-state index in [4.69, 9.17) is 24.7 Å². The summed E-state index contributed by atoms with van der Waals surface area (Å²) in [7, 11) is 3.36. The molecule has 2 rings (SSSR count). The molecular weight excluding hydrogens is 270 g/mol.